The van der Waals surface area contributed by atoms with E-state index in [9.17, 15) is 14.7 Å². The minimum atomic E-state index is -1.41. The summed E-state index contributed by atoms with van der Waals surface area (Å²) >= 11 is 0. The molecule has 0 aliphatic rings. The zero-order valence-electron chi connectivity index (χ0n) is 9.70. The summed E-state index contributed by atoms with van der Waals surface area (Å²) in [5.74, 6) is -0.275. The van der Waals surface area contributed by atoms with Crippen molar-refractivity contribution in [1.29, 1.82) is 0 Å². The molecule has 0 fully saturated rings. The second-order valence-electron chi connectivity index (χ2n) is 3.75. The Morgan fingerprint density at radius 1 is 0.895 bits per heavy atom. The van der Waals surface area contributed by atoms with Crippen LogP contribution in [0.3, 0.4) is 0 Å². The number of hydrogen-bond acceptors (Lipinski definition) is 4. The van der Waals surface area contributed by atoms with Crippen molar-refractivity contribution in [3.8, 4) is 11.5 Å². The van der Waals surface area contributed by atoms with Crippen LogP contribution in [-0.4, -0.2) is 17.0 Å². The first-order valence-corrected chi connectivity index (χ1v) is 5.39. The fraction of sp³-hybridized carbons (Fsp3) is 0. The fourth-order valence-electron chi connectivity index (χ4n) is 1.55. The van der Waals surface area contributed by atoms with Crippen LogP contribution in [-0.2, 0) is 0 Å². The van der Waals surface area contributed by atoms with Gasteiger partial charge in [-0.05, 0) is 24.3 Å². The van der Waals surface area contributed by atoms with Crippen LogP contribution in [0.1, 0.15) is 15.9 Å². The molecule has 96 valence electrons. The molecule has 19 heavy (non-hydrogen) atoms. The first kappa shape index (κ1) is 12.6. The highest BCUT2D eigenvalue weighted by molar-refractivity contribution is 6.09. The maximum Gasteiger partial charge on any atom is 0.511 e. The lowest BCUT2D eigenvalue weighted by Crippen LogP contribution is -2.04. The van der Waals surface area contributed by atoms with Crippen LogP contribution in [0.4, 0.5) is 4.79 Å². The molecule has 2 rings (SSSR count). The molecule has 0 saturated carbocycles. The quantitative estimate of drug-likeness (QED) is 0.516. The van der Waals surface area contributed by atoms with Gasteiger partial charge in [0.2, 0.25) is 0 Å². The normalized spacial score (nSPS) is 9.89. The molecule has 0 amide bonds. The van der Waals surface area contributed by atoms with Gasteiger partial charge in [0.25, 0.3) is 0 Å². The Labute approximate surface area is 108 Å². The van der Waals surface area contributed by atoms with Crippen LogP contribution in [0.5, 0.6) is 11.5 Å². The smallest absolute Gasteiger partial charge is 0.511 e. The highest BCUT2D eigenvalue weighted by Crippen LogP contribution is 2.16. The summed E-state index contributed by atoms with van der Waals surface area (Å²) in [6.07, 6.45) is -1.41. The number of ether oxygens (including phenoxy) is 1. The zero-order valence-corrected chi connectivity index (χ0v) is 9.70. The van der Waals surface area contributed by atoms with E-state index in [2.05, 4.69) is 4.74 Å². The number of hydrogen-bond donors (Lipinski definition) is 1. The van der Waals surface area contributed by atoms with Crippen molar-refractivity contribution in [1.82, 2.24) is 0 Å². The summed E-state index contributed by atoms with van der Waals surface area (Å²) < 4.78 is 4.43. The van der Waals surface area contributed by atoms with Crippen molar-refractivity contribution >= 4 is 11.9 Å². The summed E-state index contributed by atoms with van der Waals surface area (Å²) in [4.78, 5) is 22.4. The number of carbonyl (C=O) groups is 2. The molecular formula is C14H9O5-. The predicted molar refractivity (Wildman–Crippen MR) is 64.4 cm³/mol. The van der Waals surface area contributed by atoms with Gasteiger partial charge in [-0.3, -0.25) is 4.79 Å². The third kappa shape index (κ3) is 3.10. The molecule has 0 aliphatic carbocycles. The van der Waals surface area contributed by atoms with Crippen molar-refractivity contribution in [2.75, 3.05) is 0 Å². The molecule has 0 heterocycles. The fourth-order valence-corrected chi connectivity index (χ4v) is 1.55. The molecule has 0 aliphatic heterocycles. The Morgan fingerprint density at radius 3 is 1.84 bits per heavy atom. The lowest BCUT2D eigenvalue weighted by Gasteiger charge is -2.06. The SMILES string of the molecule is O=C(O)Oc1ccc(C(=O)c2ccc([O-])cc2)cc1. The third-order valence-electron chi connectivity index (χ3n) is 2.44. The van der Waals surface area contributed by atoms with Crippen LogP contribution >= 0.6 is 0 Å². The first-order valence-electron chi connectivity index (χ1n) is 5.39. The van der Waals surface area contributed by atoms with Crippen molar-refractivity contribution in [3.63, 3.8) is 0 Å². The largest absolute Gasteiger partial charge is 0.872 e. The highest BCUT2D eigenvalue weighted by Gasteiger charge is 2.09. The van der Waals surface area contributed by atoms with E-state index in [4.69, 9.17) is 5.11 Å². The van der Waals surface area contributed by atoms with Gasteiger partial charge in [-0.25, -0.2) is 4.79 Å². The summed E-state index contributed by atoms with van der Waals surface area (Å²) in [5.41, 5.74) is 0.780. The summed E-state index contributed by atoms with van der Waals surface area (Å²) in [7, 11) is 0. The number of benzene rings is 2. The molecule has 2 aromatic rings. The average Bonchev–Trinajstić information content (AvgIpc) is 2.39. The number of ketones is 1. The van der Waals surface area contributed by atoms with E-state index in [0.717, 1.165) is 0 Å². The summed E-state index contributed by atoms with van der Waals surface area (Å²) in [5, 5.41) is 19.4. The number of rotatable bonds is 3. The molecule has 5 nitrogen and oxygen atoms in total. The average molecular weight is 257 g/mol. The van der Waals surface area contributed by atoms with Gasteiger partial charge in [0.05, 0.1) is 0 Å². The van der Waals surface area contributed by atoms with Gasteiger partial charge in [-0.15, -0.1) is 5.75 Å². The molecule has 0 saturated heterocycles. The Bertz CT molecular complexity index is 599. The third-order valence-corrected chi connectivity index (χ3v) is 2.44. The number of carbonyl (C=O) groups excluding carboxylic acids is 1. The molecular weight excluding hydrogens is 248 g/mol. The van der Waals surface area contributed by atoms with E-state index >= 15 is 0 Å². The lowest BCUT2D eigenvalue weighted by molar-refractivity contribution is -0.268. The minimum Gasteiger partial charge on any atom is -0.872 e. The monoisotopic (exact) mass is 257 g/mol. The molecule has 0 aromatic heterocycles. The van der Waals surface area contributed by atoms with Crippen molar-refractivity contribution in [3.05, 3.63) is 59.7 Å². The van der Waals surface area contributed by atoms with Crippen molar-refractivity contribution < 1.29 is 24.5 Å². The van der Waals surface area contributed by atoms with Crippen molar-refractivity contribution in [2.24, 2.45) is 0 Å². The van der Waals surface area contributed by atoms with Gasteiger partial charge >= 0.3 is 6.16 Å². The Kier molecular flexibility index (Phi) is 3.47. The topological polar surface area (TPSA) is 86.7 Å². The van der Waals surface area contributed by atoms with Crippen LogP contribution in [0.25, 0.3) is 0 Å². The van der Waals surface area contributed by atoms with Gasteiger partial charge in [-0.2, -0.15) is 0 Å². The Morgan fingerprint density at radius 2 is 1.37 bits per heavy atom. The van der Waals surface area contributed by atoms with Crippen LogP contribution in [0.2, 0.25) is 0 Å². The molecule has 1 N–H and O–H groups in total. The maximum absolute atomic E-state index is 12.0. The molecule has 2 aromatic carbocycles. The van der Waals surface area contributed by atoms with E-state index < -0.39 is 6.16 Å². The van der Waals surface area contributed by atoms with Gasteiger partial charge < -0.3 is 14.9 Å². The molecule has 5 heteroatoms. The second kappa shape index (κ2) is 5.22. The Balaban J connectivity index is 2.20. The van der Waals surface area contributed by atoms with Gasteiger partial charge in [0.15, 0.2) is 5.78 Å². The molecule has 0 unspecified atom stereocenters. The molecule has 0 radical (unpaired) electrons. The van der Waals surface area contributed by atoms with Gasteiger partial charge in [-0.1, -0.05) is 24.3 Å². The zero-order chi connectivity index (χ0) is 13.8. The van der Waals surface area contributed by atoms with Crippen molar-refractivity contribution in [2.45, 2.75) is 0 Å². The van der Waals surface area contributed by atoms with Crippen LogP contribution in [0, 0.1) is 0 Å². The maximum atomic E-state index is 12.0. The first-order chi connectivity index (χ1) is 9.06. The minimum absolute atomic E-state index is 0.138. The lowest BCUT2D eigenvalue weighted by atomic mass is 10.0. The predicted octanol–water partition coefficient (Wildman–Crippen LogP) is 2.05. The van der Waals surface area contributed by atoms with E-state index in [-0.39, 0.29) is 17.3 Å². The van der Waals surface area contributed by atoms with Crippen LogP contribution < -0.4 is 9.84 Å². The van der Waals surface area contributed by atoms with E-state index in [1.807, 2.05) is 0 Å². The second-order valence-corrected chi connectivity index (χ2v) is 3.75. The van der Waals surface area contributed by atoms with E-state index in [0.29, 0.717) is 11.1 Å². The molecule has 0 atom stereocenters. The summed E-state index contributed by atoms with van der Waals surface area (Å²) in [6, 6.07) is 11.2. The molecule has 0 bridgehead atoms. The molecule has 0 spiro atoms. The standard InChI is InChI=1S/C14H10O5/c15-11-5-1-9(2-6-11)13(16)10-3-7-12(8-4-10)19-14(17)18/h1-8,15H,(H,17,18)/p-1. The van der Waals surface area contributed by atoms with E-state index in [1.165, 1.54) is 48.5 Å². The van der Waals surface area contributed by atoms with Crippen LogP contribution in [0.15, 0.2) is 48.5 Å². The number of carboxylic acid groups (broad SMARTS) is 1. The highest BCUT2D eigenvalue weighted by atomic mass is 16.7. The van der Waals surface area contributed by atoms with Gasteiger partial charge in [0, 0.05) is 11.1 Å². The van der Waals surface area contributed by atoms with Gasteiger partial charge in [0.1, 0.15) is 5.75 Å². The van der Waals surface area contributed by atoms with E-state index in [1.54, 1.807) is 0 Å². The Hall–Kier alpha value is -2.82. The summed E-state index contributed by atoms with van der Waals surface area (Å²) in [6.45, 7) is 0.